The molecule has 1 aromatic heterocycles. The Labute approximate surface area is 153 Å². The van der Waals surface area contributed by atoms with Crippen LogP contribution in [0.5, 0.6) is 11.5 Å². The maximum Gasteiger partial charge on any atom is 0.195 e. The highest BCUT2D eigenvalue weighted by atomic mass is 32.1. The van der Waals surface area contributed by atoms with Crippen LogP contribution in [-0.4, -0.2) is 40.7 Å². The topological polar surface area (TPSA) is 61.3 Å². The number of rotatable bonds is 8. The molecule has 0 bridgehead atoms. The number of aromatic nitrogens is 3. The van der Waals surface area contributed by atoms with Gasteiger partial charge in [-0.05, 0) is 56.6 Å². The van der Waals surface area contributed by atoms with Crippen molar-refractivity contribution in [3.8, 4) is 11.5 Å². The molecule has 3 rings (SSSR count). The van der Waals surface area contributed by atoms with Crippen molar-refractivity contribution in [1.82, 2.24) is 14.8 Å². The van der Waals surface area contributed by atoms with Crippen LogP contribution in [0.3, 0.4) is 0 Å². The average molecular weight is 363 g/mol. The Kier molecular flexibility index (Phi) is 6.09. The predicted molar refractivity (Wildman–Crippen MR) is 98.0 cm³/mol. The van der Waals surface area contributed by atoms with Gasteiger partial charge >= 0.3 is 0 Å². The van der Waals surface area contributed by atoms with Crippen molar-refractivity contribution in [1.29, 1.82) is 0 Å². The van der Waals surface area contributed by atoms with Crippen LogP contribution in [-0.2, 0) is 17.7 Å². The molecule has 0 unspecified atom stereocenters. The Morgan fingerprint density at radius 3 is 2.80 bits per heavy atom. The zero-order chi connectivity index (χ0) is 17.6. The van der Waals surface area contributed by atoms with Gasteiger partial charge in [0, 0.05) is 13.0 Å². The molecule has 136 valence electrons. The van der Waals surface area contributed by atoms with Crippen molar-refractivity contribution in [3.63, 3.8) is 0 Å². The molecule has 2 heterocycles. The Balaban J connectivity index is 1.80. The van der Waals surface area contributed by atoms with Gasteiger partial charge in [0.05, 0.1) is 25.9 Å². The molecule has 25 heavy (non-hydrogen) atoms. The fourth-order valence-corrected chi connectivity index (χ4v) is 3.28. The van der Waals surface area contributed by atoms with Gasteiger partial charge in [0.2, 0.25) is 0 Å². The van der Waals surface area contributed by atoms with E-state index in [1.165, 1.54) is 0 Å². The van der Waals surface area contributed by atoms with E-state index in [0.29, 0.717) is 24.4 Å². The minimum Gasteiger partial charge on any atom is -0.490 e. The first-order valence-electron chi connectivity index (χ1n) is 8.85. The number of H-pyrrole nitrogens is 1. The molecular formula is C18H25N3O3S. The van der Waals surface area contributed by atoms with E-state index < -0.39 is 0 Å². The molecule has 1 atom stereocenters. The van der Waals surface area contributed by atoms with Crippen LogP contribution in [0, 0.1) is 4.77 Å². The van der Waals surface area contributed by atoms with E-state index in [9.17, 15) is 0 Å². The van der Waals surface area contributed by atoms with Crippen LogP contribution in [0.1, 0.15) is 38.1 Å². The van der Waals surface area contributed by atoms with Crippen molar-refractivity contribution in [2.75, 3.05) is 19.8 Å². The summed E-state index contributed by atoms with van der Waals surface area (Å²) in [5.41, 5.74) is 1.11. The highest BCUT2D eigenvalue weighted by molar-refractivity contribution is 7.71. The first kappa shape index (κ1) is 17.9. The van der Waals surface area contributed by atoms with E-state index in [0.717, 1.165) is 48.9 Å². The molecule has 1 saturated heterocycles. The molecule has 0 saturated carbocycles. The molecule has 2 aromatic rings. The highest BCUT2D eigenvalue weighted by Crippen LogP contribution is 2.29. The van der Waals surface area contributed by atoms with Gasteiger partial charge in [0.1, 0.15) is 5.82 Å². The molecule has 1 N–H and O–H groups in total. The molecule has 0 amide bonds. The maximum absolute atomic E-state index is 5.73. The van der Waals surface area contributed by atoms with Crippen LogP contribution in [0.25, 0.3) is 0 Å². The van der Waals surface area contributed by atoms with Gasteiger partial charge in [-0.2, -0.15) is 5.10 Å². The molecule has 1 aliphatic rings. The second-order valence-electron chi connectivity index (χ2n) is 6.01. The second-order valence-corrected chi connectivity index (χ2v) is 6.40. The summed E-state index contributed by atoms with van der Waals surface area (Å²) < 4.78 is 19.8. The van der Waals surface area contributed by atoms with Gasteiger partial charge in [-0.15, -0.1) is 0 Å². The fraction of sp³-hybridized carbons (Fsp3) is 0.556. The lowest BCUT2D eigenvalue weighted by Crippen LogP contribution is -2.17. The van der Waals surface area contributed by atoms with Crippen LogP contribution in [0.15, 0.2) is 18.2 Å². The van der Waals surface area contributed by atoms with Crippen LogP contribution in [0.2, 0.25) is 0 Å². The van der Waals surface area contributed by atoms with Gasteiger partial charge in [0.25, 0.3) is 0 Å². The predicted octanol–water partition coefficient (Wildman–Crippen LogP) is 3.51. The molecule has 0 radical (unpaired) electrons. The quantitative estimate of drug-likeness (QED) is 0.727. The first-order chi connectivity index (χ1) is 12.2. The van der Waals surface area contributed by atoms with E-state index >= 15 is 0 Å². The van der Waals surface area contributed by atoms with Crippen molar-refractivity contribution in [3.05, 3.63) is 34.4 Å². The standard InChI is InChI=1S/C18H25N3O3S/c1-3-22-15-8-7-13(10-16(15)23-4-2)11-17-19-20-18(25)21(17)12-14-6-5-9-24-14/h7-8,10,14H,3-6,9,11-12H2,1-2H3,(H,20,25)/t14-/m0/s1. The Morgan fingerprint density at radius 1 is 1.28 bits per heavy atom. The lowest BCUT2D eigenvalue weighted by Gasteiger charge is -2.14. The summed E-state index contributed by atoms with van der Waals surface area (Å²) in [5, 5.41) is 7.31. The largest absolute Gasteiger partial charge is 0.490 e. The molecule has 1 aromatic carbocycles. The lowest BCUT2D eigenvalue weighted by molar-refractivity contribution is 0.0960. The summed E-state index contributed by atoms with van der Waals surface area (Å²) in [4.78, 5) is 0. The van der Waals surface area contributed by atoms with Crippen molar-refractivity contribution < 1.29 is 14.2 Å². The zero-order valence-electron chi connectivity index (χ0n) is 14.8. The molecule has 7 heteroatoms. The second kappa shape index (κ2) is 8.49. The summed E-state index contributed by atoms with van der Waals surface area (Å²) in [6.07, 6.45) is 3.08. The van der Waals surface area contributed by atoms with Gasteiger partial charge in [-0.3, -0.25) is 5.10 Å². The van der Waals surface area contributed by atoms with Crippen molar-refractivity contribution in [2.45, 2.75) is 45.8 Å². The number of aromatic amines is 1. The number of hydrogen-bond acceptors (Lipinski definition) is 5. The molecule has 1 aliphatic heterocycles. The van der Waals surface area contributed by atoms with Gasteiger partial charge in [0.15, 0.2) is 16.3 Å². The molecule has 0 spiro atoms. The van der Waals surface area contributed by atoms with Crippen LogP contribution >= 0.6 is 12.2 Å². The third-order valence-electron chi connectivity index (χ3n) is 4.22. The highest BCUT2D eigenvalue weighted by Gasteiger charge is 2.19. The zero-order valence-corrected chi connectivity index (χ0v) is 15.6. The minimum absolute atomic E-state index is 0.224. The van der Waals surface area contributed by atoms with Crippen LogP contribution in [0.4, 0.5) is 0 Å². The number of benzene rings is 1. The maximum atomic E-state index is 5.73. The summed E-state index contributed by atoms with van der Waals surface area (Å²) >= 11 is 5.39. The van der Waals surface area contributed by atoms with E-state index in [4.69, 9.17) is 26.4 Å². The SMILES string of the molecule is CCOc1ccc(Cc2n[nH]c(=S)n2C[C@@H]2CCCO2)cc1OCC. The van der Waals surface area contributed by atoms with E-state index in [1.807, 2.05) is 36.6 Å². The summed E-state index contributed by atoms with van der Waals surface area (Å²) in [7, 11) is 0. The fourth-order valence-electron chi connectivity index (χ4n) is 3.05. The van der Waals surface area contributed by atoms with E-state index in [-0.39, 0.29) is 6.10 Å². The van der Waals surface area contributed by atoms with E-state index in [2.05, 4.69) is 10.2 Å². The summed E-state index contributed by atoms with van der Waals surface area (Å²) in [6, 6.07) is 6.01. The minimum atomic E-state index is 0.224. The third kappa shape index (κ3) is 4.41. The summed E-state index contributed by atoms with van der Waals surface area (Å²) in [6.45, 7) is 6.73. The first-order valence-corrected chi connectivity index (χ1v) is 9.26. The molecule has 1 fully saturated rings. The van der Waals surface area contributed by atoms with Crippen molar-refractivity contribution in [2.24, 2.45) is 0 Å². The number of ether oxygens (including phenoxy) is 3. The van der Waals surface area contributed by atoms with Crippen molar-refractivity contribution >= 4 is 12.2 Å². The normalized spacial score (nSPS) is 17.0. The van der Waals surface area contributed by atoms with E-state index in [1.54, 1.807) is 0 Å². The number of nitrogens with one attached hydrogen (secondary N) is 1. The lowest BCUT2D eigenvalue weighted by atomic mass is 10.1. The Hall–Kier alpha value is -1.86. The smallest absolute Gasteiger partial charge is 0.195 e. The number of nitrogens with zero attached hydrogens (tertiary/aromatic N) is 2. The van der Waals surface area contributed by atoms with Gasteiger partial charge in [-0.25, -0.2) is 0 Å². The molecule has 6 nitrogen and oxygen atoms in total. The molecule has 0 aliphatic carbocycles. The Morgan fingerprint density at radius 2 is 2.08 bits per heavy atom. The third-order valence-corrected chi connectivity index (χ3v) is 4.53. The number of hydrogen-bond donors (Lipinski definition) is 1. The monoisotopic (exact) mass is 363 g/mol. The Bertz CT molecular complexity index is 750. The van der Waals surface area contributed by atoms with Crippen LogP contribution < -0.4 is 9.47 Å². The average Bonchev–Trinajstić information content (AvgIpc) is 3.23. The van der Waals surface area contributed by atoms with Gasteiger partial charge < -0.3 is 18.8 Å². The summed E-state index contributed by atoms with van der Waals surface area (Å²) in [5.74, 6) is 2.44. The molecular weight excluding hydrogens is 338 g/mol. The van der Waals surface area contributed by atoms with Gasteiger partial charge in [-0.1, -0.05) is 6.07 Å².